The summed E-state index contributed by atoms with van der Waals surface area (Å²) in [4.78, 5) is 46.3. The molecule has 320 valence electrons. The summed E-state index contributed by atoms with van der Waals surface area (Å²) in [6, 6.07) is 23.0. The number of aromatic amines is 1. The Morgan fingerprint density at radius 1 is 0.726 bits per heavy atom. The number of carbonyl (C=O) groups is 3. The number of allylic oxidation sites excluding steroid dienone is 1. The summed E-state index contributed by atoms with van der Waals surface area (Å²) in [5.74, 6) is -0.813. The molecule has 10 nitrogen and oxygen atoms in total. The fourth-order valence-electron chi connectivity index (χ4n) is 10.4. The number of nitrogens with one attached hydrogen (secondary N) is 2. The van der Waals surface area contributed by atoms with Crippen molar-refractivity contribution in [3.63, 3.8) is 0 Å². The second-order valence-electron chi connectivity index (χ2n) is 17.3. The van der Waals surface area contributed by atoms with Crippen LogP contribution in [-0.2, 0) is 28.7 Å². The van der Waals surface area contributed by atoms with Gasteiger partial charge in [0.1, 0.15) is 6.04 Å². The van der Waals surface area contributed by atoms with Crippen molar-refractivity contribution in [3.05, 3.63) is 124 Å². The first-order valence-electron chi connectivity index (χ1n) is 21.7. The number of hydrogen-bond acceptors (Lipinski definition) is 7. The molecular weight excluding hydrogens is 799 g/mol. The van der Waals surface area contributed by atoms with Gasteiger partial charge in [-0.3, -0.25) is 29.7 Å². The predicted octanol–water partition coefficient (Wildman–Crippen LogP) is 7.82. The number of alkyl halides is 3. The molecule has 3 amide bonds. The monoisotopic (exact) mass is 845 g/mol. The zero-order valence-electron chi connectivity index (χ0n) is 34.2. The van der Waals surface area contributed by atoms with Crippen LogP contribution in [0.1, 0.15) is 82.3 Å². The van der Waals surface area contributed by atoms with E-state index in [9.17, 15) is 27.6 Å². The largest absolute Gasteiger partial charge is 0.416 e. The minimum atomic E-state index is -4.43. The molecule has 5 heterocycles. The van der Waals surface area contributed by atoms with Gasteiger partial charge < -0.3 is 14.7 Å². The number of aromatic nitrogens is 2. The van der Waals surface area contributed by atoms with Crippen LogP contribution in [0, 0.1) is 11.9 Å². The maximum Gasteiger partial charge on any atom is 0.416 e. The van der Waals surface area contributed by atoms with Crippen LogP contribution in [0.15, 0.2) is 78.9 Å². The highest BCUT2D eigenvalue weighted by Gasteiger charge is 2.39. The first-order valence-corrected chi connectivity index (χ1v) is 21.7. The van der Waals surface area contributed by atoms with E-state index in [0.29, 0.717) is 54.6 Å². The van der Waals surface area contributed by atoms with Crippen molar-refractivity contribution in [2.24, 2.45) is 5.92 Å². The van der Waals surface area contributed by atoms with Gasteiger partial charge in [-0.25, -0.2) is 0 Å². The molecule has 4 aromatic carbocycles. The Kier molecular flexibility index (Phi) is 10.4. The highest BCUT2D eigenvalue weighted by molar-refractivity contribution is 6.06. The molecule has 5 aromatic rings. The highest BCUT2D eigenvalue weighted by Crippen LogP contribution is 2.43. The van der Waals surface area contributed by atoms with Crippen molar-refractivity contribution in [2.45, 2.75) is 63.7 Å². The lowest BCUT2D eigenvalue weighted by molar-refractivity contribution is -0.138. The van der Waals surface area contributed by atoms with E-state index in [0.717, 1.165) is 121 Å². The second-order valence-corrected chi connectivity index (χ2v) is 17.3. The van der Waals surface area contributed by atoms with E-state index in [2.05, 4.69) is 60.5 Å². The summed E-state index contributed by atoms with van der Waals surface area (Å²) in [6.07, 6.45) is 0.265. The minimum absolute atomic E-state index is 0.156. The number of nitrogens with zero attached hydrogens (tertiary/aromatic N) is 5. The molecule has 1 aliphatic carbocycles. The van der Waals surface area contributed by atoms with Gasteiger partial charge in [-0.2, -0.15) is 17.6 Å². The van der Waals surface area contributed by atoms with Gasteiger partial charge in [0.2, 0.25) is 17.8 Å². The molecule has 2 N–H and O–H groups in total. The van der Waals surface area contributed by atoms with Crippen molar-refractivity contribution in [1.29, 1.82) is 0 Å². The molecule has 0 bridgehead atoms. The number of amides is 3. The molecule has 0 unspecified atom stereocenters. The van der Waals surface area contributed by atoms with Gasteiger partial charge in [-0.15, -0.1) is 5.10 Å². The van der Waals surface area contributed by atoms with Gasteiger partial charge in [-0.05, 0) is 132 Å². The van der Waals surface area contributed by atoms with E-state index in [1.807, 2.05) is 24.3 Å². The number of halogens is 4. The SMILES string of the molecule is O=C1CC[C@H](N2Cc3cc(N4CCN(CC5CCN(c6ccc(C7=C(c8ccc(C(F)(F)F)cc8)CCCc8c7ccc7[nH]nc(F)c87)cc6)CC5)CC4)ccc3C2=O)C(=O)N1. The van der Waals surface area contributed by atoms with E-state index < -0.39 is 29.6 Å². The number of piperidine rings is 2. The number of carbonyl (C=O) groups excluding carboxylic acids is 3. The van der Waals surface area contributed by atoms with Crippen molar-refractivity contribution in [2.75, 3.05) is 55.6 Å². The van der Waals surface area contributed by atoms with Crippen molar-refractivity contribution >= 4 is 51.1 Å². The first-order chi connectivity index (χ1) is 30.0. The summed E-state index contributed by atoms with van der Waals surface area (Å²) in [6.45, 7) is 6.97. The Morgan fingerprint density at radius 2 is 1.42 bits per heavy atom. The number of imide groups is 1. The summed E-state index contributed by atoms with van der Waals surface area (Å²) in [5.41, 5.74) is 8.94. The van der Waals surface area contributed by atoms with E-state index in [4.69, 9.17) is 0 Å². The number of aryl methyl sites for hydroxylation is 1. The molecule has 1 aromatic heterocycles. The first kappa shape index (κ1) is 40.1. The van der Waals surface area contributed by atoms with Gasteiger partial charge in [0.15, 0.2) is 0 Å². The molecule has 10 rings (SSSR count). The zero-order valence-corrected chi connectivity index (χ0v) is 34.2. The Hall–Kier alpha value is -6.02. The number of fused-ring (bicyclic) bond motifs is 4. The highest BCUT2D eigenvalue weighted by atomic mass is 19.4. The molecule has 0 saturated carbocycles. The maximum absolute atomic E-state index is 15.1. The Balaban J connectivity index is 0.783. The molecular formula is C48H47F4N7O3. The smallest absolute Gasteiger partial charge is 0.372 e. The van der Waals surface area contributed by atoms with Crippen LogP contribution in [-0.4, -0.2) is 89.6 Å². The lowest BCUT2D eigenvalue weighted by Crippen LogP contribution is -2.52. The standard InChI is InChI=1S/C48H47F4N7O3/c49-45-44-38-3-1-2-36(30-4-8-33(9-5-30)48(50,51)52)43(39(38)14-15-40(44)54-55-45)31-6-10-34(11-7-31)57-20-18-29(19-21-57)27-56-22-24-58(25-23-56)35-12-13-37-32(26-35)28-59(47(37)62)41-16-17-42(60)53-46(41)61/h4-15,26,29,41H,1-3,16-25,27-28H2,(H,54,55)(H,53,60,61)/t41-/m0/s1. The van der Waals surface area contributed by atoms with E-state index >= 15 is 4.39 Å². The second kappa shape index (κ2) is 16.0. The Morgan fingerprint density at radius 3 is 2.15 bits per heavy atom. The third-order valence-corrected chi connectivity index (χ3v) is 13.7. The average Bonchev–Trinajstić information content (AvgIpc) is 3.74. The van der Waals surface area contributed by atoms with Crippen LogP contribution in [0.25, 0.3) is 22.0 Å². The lowest BCUT2D eigenvalue weighted by Gasteiger charge is -2.40. The minimum Gasteiger partial charge on any atom is -0.372 e. The molecule has 62 heavy (non-hydrogen) atoms. The van der Waals surface area contributed by atoms with Crippen LogP contribution in [0.4, 0.5) is 28.9 Å². The van der Waals surface area contributed by atoms with Crippen LogP contribution in [0.5, 0.6) is 0 Å². The molecule has 5 aliphatic rings. The van der Waals surface area contributed by atoms with Crippen LogP contribution in [0.2, 0.25) is 0 Å². The van der Waals surface area contributed by atoms with Gasteiger partial charge in [0.25, 0.3) is 5.91 Å². The third kappa shape index (κ3) is 7.52. The number of hydrogen-bond donors (Lipinski definition) is 2. The van der Waals surface area contributed by atoms with Crippen LogP contribution >= 0.6 is 0 Å². The van der Waals surface area contributed by atoms with Gasteiger partial charge in [0, 0.05) is 75.7 Å². The van der Waals surface area contributed by atoms with E-state index in [1.165, 1.54) is 0 Å². The van der Waals surface area contributed by atoms with Crippen LogP contribution < -0.4 is 15.1 Å². The molecule has 14 heteroatoms. The summed E-state index contributed by atoms with van der Waals surface area (Å²) < 4.78 is 55.7. The fourth-order valence-corrected chi connectivity index (χ4v) is 10.4. The molecule has 0 radical (unpaired) electrons. The summed E-state index contributed by atoms with van der Waals surface area (Å²) in [7, 11) is 0. The number of rotatable bonds is 7. The topological polar surface area (TPSA) is 105 Å². The fraction of sp³-hybridized carbons (Fsp3) is 0.375. The molecule has 4 aliphatic heterocycles. The Labute approximate surface area is 356 Å². The molecule has 3 saturated heterocycles. The normalized spacial score (nSPS) is 20.5. The van der Waals surface area contributed by atoms with Gasteiger partial charge in [-0.1, -0.05) is 30.3 Å². The molecule has 3 fully saturated rings. The van der Waals surface area contributed by atoms with Gasteiger partial charge >= 0.3 is 6.18 Å². The van der Waals surface area contributed by atoms with E-state index in [1.54, 1.807) is 17.0 Å². The van der Waals surface area contributed by atoms with Crippen LogP contribution in [0.3, 0.4) is 0 Å². The Bertz CT molecular complexity index is 2590. The molecule has 0 spiro atoms. The average molecular weight is 846 g/mol. The van der Waals surface area contributed by atoms with Gasteiger partial charge in [0.05, 0.1) is 16.5 Å². The number of H-pyrrole nitrogens is 1. The van der Waals surface area contributed by atoms with Crippen molar-refractivity contribution in [1.82, 2.24) is 25.3 Å². The predicted molar refractivity (Wildman–Crippen MR) is 229 cm³/mol. The number of anilines is 2. The third-order valence-electron chi connectivity index (χ3n) is 13.7. The maximum atomic E-state index is 15.1. The summed E-state index contributed by atoms with van der Waals surface area (Å²) in [5, 5.41) is 9.46. The van der Waals surface area contributed by atoms with Crippen molar-refractivity contribution in [3.8, 4) is 0 Å². The molecule has 1 atom stereocenters. The number of benzene rings is 4. The quantitative estimate of drug-likeness (QED) is 0.127. The zero-order chi connectivity index (χ0) is 42.7. The van der Waals surface area contributed by atoms with E-state index in [-0.39, 0.29) is 18.2 Å². The summed E-state index contributed by atoms with van der Waals surface area (Å²) >= 11 is 0. The van der Waals surface area contributed by atoms with Crippen molar-refractivity contribution < 1.29 is 31.9 Å². The lowest BCUT2D eigenvalue weighted by atomic mass is 9.86. The number of piperazine rings is 1.